The summed E-state index contributed by atoms with van der Waals surface area (Å²) in [5.41, 5.74) is -1.01. The fraction of sp³-hybridized carbons (Fsp3) is 0.909. The number of amides is 1. The van der Waals surface area contributed by atoms with Crippen LogP contribution in [0.25, 0.3) is 0 Å². The predicted molar refractivity (Wildman–Crippen MR) is 57.3 cm³/mol. The SMILES string of the molecule is CC1CCN(C(=O)C(C)(CO)CO)CC1. The number of carbonyl (C=O) groups excluding carboxylic acids is 1. The van der Waals surface area contributed by atoms with E-state index in [4.69, 9.17) is 10.2 Å². The van der Waals surface area contributed by atoms with E-state index in [0.29, 0.717) is 5.92 Å². The highest BCUT2D eigenvalue weighted by Crippen LogP contribution is 2.23. The van der Waals surface area contributed by atoms with E-state index in [0.717, 1.165) is 25.9 Å². The average Bonchev–Trinajstić information content (AvgIpc) is 2.28. The lowest BCUT2D eigenvalue weighted by Gasteiger charge is -2.36. The van der Waals surface area contributed by atoms with Crippen molar-refractivity contribution in [2.45, 2.75) is 26.7 Å². The van der Waals surface area contributed by atoms with Crippen LogP contribution in [0.2, 0.25) is 0 Å². The number of piperidine rings is 1. The topological polar surface area (TPSA) is 60.8 Å². The van der Waals surface area contributed by atoms with Gasteiger partial charge in [-0.25, -0.2) is 0 Å². The largest absolute Gasteiger partial charge is 0.395 e. The average molecular weight is 215 g/mol. The van der Waals surface area contributed by atoms with Crippen LogP contribution in [0.4, 0.5) is 0 Å². The molecule has 0 unspecified atom stereocenters. The highest BCUT2D eigenvalue weighted by atomic mass is 16.3. The molecule has 4 nitrogen and oxygen atoms in total. The molecule has 88 valence electrons. The zero-order chi connectivity index (χ0) is 11.5. The molecule has 0 aromatic carbocycles. The Bertz CT molecular complexity index is 218. The fourth-order valence-corrected chi connectivity index (χ4v) is 1.78. The first-order chi connectivity index (χ1) is 7.03. The molecule has 4 heteroatoms. The summed E-state index contributed by atoms with van der Waals surface area (Å²) >= 11 is 0. The van der Waals surface area contributed by atoms with Gasteiger partial charge in [0.2, 0.25) is 5.91 Å². The monoisotopic (exact) mass is 215 g/mol. The normalized spacial score (nSPS) is 19.3. The summed E-state index contributed by atoms with van der Waals surface area (Å²) in [6.07, 6.45) is 2.03. The van der Waals surface area contributed by atoms with Crippen LogP contribution in [0.3, 0.4) is 0 Å². The van der Waals surface area contributed by atoms with Gasteiger partial charge in [0.15, 0.2) is 0 Å². The summed E-state index contributed by atoms with van der Waals surface area (Å²) < 4.78 is 0. The highest BCUT2D eigenvalue weighted by Gasteiger charge is 2.36. The second kappa shape index (κ2) is 4.94. The van der Waals surface area contributed by atoms with Crippen molar-refractivity contribution in [3.8, 4) is 0 Å². The summed E-state index contributed by atoms with van der Waals surface area (Å²) in [7, 11) is 0. The molecule has 0 bridgehead atoms. The van der Waals surface area contributed by atoms with Gasteiger partial charge in [-0.2, -0.15) is 0 Å². The molecule has 0 saturated carbocycles. The number of aliphatic hydroxyl groups excluding tert-OH is 2. The van der Waals surface area contributed by atoms with Crippen LogP contribution in [-0.2, 0) is 4.79 Å². The van der Waals surface area contributed by atoms with Crippen molar-refractivity contribution in [1.29, 1.82) is 0 Å². The number of hydrogen-bond donors (Lipinski definition) is 2. The molecule has 0 aliphatic carbocycles. The molecule has 1 saturated heterocycles. The summed E-state index contributed by atoms with van der Waals surface area (Å²) in [6.45, 7) is 4.68. The molecule has 0 radical (unpaired) electrons. The highest BCUT2D eigenvalue weighted by molar-refractivity contribution is 5.82. The summed E-state index contributed by atoms with van der Waals surface area (Å²) in [5, 5.41) is 18.3. The van der Waals surface area contributed by atoms with Crippen molar-refractivity contribution >= 4 is 5.91 Å². The molecule has 1 amide bonds. The Morgan fingerprint density at radius 1 is 1.33 bits per heavy atom. The molecule has 1 aliphatic heterocycles. The van der Waals surface area contributed by atoms with Gasteiger partial charge >= 0.3 is 0 Å². The number of rotatable bonds is 3. The van der Waals surface area contributed by atoms with Crippen LogP contribution in [0.1, 0.15) is 26.7 Å². The van der Waals surface area contributed by atoms with Gasteiger partial charge in [-0.05, 0) is 25.7 Å². The van der Waals surface area contributed by atoms with E-state index >= 15 is 0 Å². The molecule has 2 N–H and O–H groups in total. The zero-order valence-electron chi connectivity index (χ0n) is 9.57. The van der Waals surface area contributed by atoms with Gasteiger partial charge in [0.05, 0.1) is 18.6 Å². The first-order valence-electron chi connectivity index (χ1n) is 5.54. The van der Waals surface area contributed by atoms with Gasteiger partial charge in [-0.1, -0.05) is 6.92 Å². The Morgan fingerprint density at radius 3 is 2.20 bits per heavy atom. The number of aliphatic hydroxyl groups is 2. The molecule has 1 heterocycles. The molecule has 1 aliphatic rings. The smallest absolute Gasteiger partial charge is 0.233 e. The van der Waals surface area contributed by atoms with Gasteiger partial charge in [-0.15, -0.1) is 0 Å². The van der Waals surface area contributed by atoms with E-state index < -0.39 is 5.41 Å². The van der Waals surface area contributed by atoms with E-state index in [9.17, 15) is 4.79 Å². The minimum Gasteiger partial charge on any atom is -0.395 e. The summed E-state index contributed by atoms with van der Waals surface area (Å²) in [4.78, 5) is 13.8. The number of hydrogen-bond acceptors (Lipinski definition) is 3. The third-order valence-corrected chi connectivity index (χ3v) is 3.29. The molecule has 1 rings (SSSR count). The first-order valence-corrected chi connectivity index (χ1v) is 5.54. The Kier molecular flexibility index (Phi) is 4.11. The third kappa shape index (κ3) is 2.69. The van der Waals surface area contributed by atoms with Crippen molar-refractivity contribution < 1.29 is 15.0 Å². The summed E-state index contributed by atoms with van der Waals surface area (Å²) in [5.74, 6) is 0.544. The second-order valence-corrected chi connectivity index (χ2v) is 4.85. The maximum absolute atomic E-state index is 12.0. The predicted octanol–water partition coefficient (Wildman–Crippen LogP) is 0.236. The van der Waals surface area contributed by atoms with Gasteiger partial charge < -0.3 is 15.1 Å². The lowest BCUT2D eigenvalue weighted by molar-refractivity contribution is -0.147. The number of likely N-dealkylation sites (tertiary alicyclic amines) is 1. The van der Waals surface area contributed by atoms with Crippen molar-refractivity contribution in [2.24, 2.45) is 11.3 Å². The van der Waals surface area contributed by atoms with Crippen molar-refractivity contribution in [1.82, 2.24) is 4.90 Å². The molecular formula is C11H21NO3. The molecular weight excluding hydrogens is 194 g/mol. The molecule has 15 heavy (non-hydrogen) atoms. The molecule has 1 fully saturated rings. The lowest BCUT2D eigenvalue weighted by Crippen LogP contribution is -2.49. The van der Waals surface area contributed by atoms with E-state index in [1.807, 2.05) is 0 Å². The quantitative estimate of drug-likeness (QED) is 0.708. The van der Waals surface area contributed by atoms with Crippen molar-refractivity contribution in [3.63, 3.8) is 0 Å². The van der Waals surface area contributed by atoms with Crippen molar-refractivity contribution in [2.75, 3.05) is 26.3 Å². The van der Waals surface area contributed by atoms with E-state index in [1.165, 1.54) is 0 Å². The molecule has 0 spiro atoms. The zero-order valence-corrected chi connectivity index (χ0v) is 9.57. The summed E-state index contributed by atoms with van der Waals surface area (Å²) in [6, 6.07) is 0. The maximum Gasteiger partial charge on any atom is 0.233 e. The maximum atomic E-state index is 12.0. The Morgan fingerprint density at radius 2 is 1.80 bits per heavy atom. The third-order valence-electron chi connectivity index (χ3n) is 3.29. The van der Waals surface area contributed by atoms with Crippen LogP contribution >= 0.6 is 0 Å². The Hall–Kier alpha value is -0.610. The van der Waals surface area contributed by atoms with Gasteiger partial charge in [0.25, 0.3) is 0 Å². The fourth-order valence-electron chi connectivity index (χ4n) is 1.78. The van der Waals surface area contributed by atoms with Gasteiger partial charge in [0, 0.05) is 13.1 Å². The minimum absolute atomic E-state index is 0.126. The van der Waals surface area contributed by atoms with Crippen LogP contribution in [0, 0.1) is 11.3 Å². The molecule has 0 aromatic heterocycles. The van der Waals surface area contributed by atoms with Crippen LogP contribution < -0.4 is 0 Å². The van der Waals surface area contributed by atoms with Crippen LogP contribution in [0.5, 0.6) is 0 Å². The minimum atomic E-state index is -1.01. The van der Waals surface area contributed by atoms with Gasteiger partial charge in [-0.3, -0.25) is 4.79 Å². The molecule has 0 aromatic rings. The Labute approximate surface area is 90.9 Å². The Balaban J connectivity index is 2.60. The van der Waals surface area contributed by atoms with E-state index in [1.54, 1.807) is 11.8 Å². The first kappa shape index (κ1) is 12.5. The van der Waals surface area contributed by atoms with Crippen LogP contribution in [-0.4, -0.2) is 47.3 Å². The van der Waals surface area contributed by atoms with E-state index in [2.05, 4.69) is 6.92 Å². The second-order valence-electron chi connectivity index (χ2n) is 4.85. The number of nitrogens with zero attached hydrogens (tertiary/aromatic N) is 1. The van der Waals surface area contributed by atoms with Crippen LogP contribution in [0.15, 0.2) is 0 Å². The van der Waals surface area contributed by atoms with Crippen molar-refractivity contribution in [3.05, 3.63) is 0 Å². The van der Waals surface area contributed by atoms with E-state index in [-0.39, 0.29) is 19.1 Å². The number of carbonyl (C=O) groups is 1. The van der Waals surface area contributed by atoms with Gasteiger partial charge in [0.1, 0.15) is 0 Å². The molecule has 0 atom stereocenters. The lowest BCUT2D eigenvalue weighted by atomic mass is 9.89. The standard InChI is InChI=1S/C11H21NO3/c1-9-3-5-12(6-4-9)10(15)11(2,7-13)8-14/h9,13-14H,3-8H2,1-2H3.